The van der Waals surface area contributed by atoms with Crippen LogP contribution in [0.5, 0.6) is 11.5 Å². The van der Waals surface area contributed by atoms with Crippen LogP contribution in [-0.2, 0) is 18.1 Å². The Morgan fingerprint density at radius 3 is 2.53 bits per heavy atom. The van der Waals surface area contributed by atoms with Gasteiger partial charge < -0.3 is 14.3 Å². The Morgan fingerprint density at radius 2 is 1.68 bits per heavy atom. The average Bonchev–Trinajstić information content (AvgIpc) is 2.86. The van der Waals surface area contributed by atoms with Crippen LogP contribution in [-0.4, -0.2) is 12.8 Å². The smallest absolute Gasteiger partial charge is 0.175 e. The molecule has 0 aromatic heterocycles. The van der Waals surface area contributed by atoms with Gasteiger partial charge in [0.1, 0.15) is 13.2 Å². The number of hydrogen-bond acceptors (Lipinski definition) is 5. The molecule has 0 aliphatic rings. The zero-order chi connectivity index (χ0) is 23.8. The minimum absolute atomic E-state index is 0.214. The van der Waals surface area contributed by atoms with Crippen molar-refractivity contribution in [3.63, 3.8) is 0 Å². The summed E-state index contributed by atoms with van der Waals surface area (Å²) in [6.07, 6.45) is 1.61. The second-order valence-electron chi connectivity index (χ2n) is 7.47. The van der Waals surface area contributed by atoms with Crippen LogP contribution < -0.4 is 9.47 Å². The van der Waals surface area contributed by atoms with Crippen molar-refractivity contribution in [1.29, 1.82) is 5.26 Å². The van der Waals surface area contributed by atoms with Gasteiger partial charge in [0.2, 0.25) is 0 Å². The number of nitriles is 1. The van der Waals surface area contributed by atoms with Crippen molar-refractivity contribution < 1.29 is 14.3 Å². The molecule has 6 heteroatoms. The summed E-state index contributed by atoms with van der Waals surface area (Å²) in [4.78, 5) is 5.41. The van der Waals surface area contributed by atoms with Gasteiger partial charge in [0.05, 0.1) is 28.9 Å². The van der Waals surface area contributed by atoms with Crippen LogP contribution in [0.4, 0.5) is 0 Å². The molecule has 0 spiro atoms. The van der Waals surface area contributed by atoms with E-state index in [-0.39, 0.29) is 6.61 Å². The van der Waals surface area contributed by atoms with Gasteiger partial charge >= 0.3 is 0 Å². The second kappa shape index (κ2) is 11.4. The topological polar surface area (TPSA) is 63.8 Å². The summed E-state index contributed by atoms with van der Waals surface area (Å²) in [6.45, 7) is 3.05. The van der Waals surface area contributed by atoms with Gasteiger partial charge in [-0.05, 0) is 57.4 Å². The first-order valence-electron chi connectivity index (χ1n) is 10.9. The molecule has 0 heterocycles. The van der Waals surface area contributed by atoms with Crippen LogP contribution in [0.15, 0.2) is 88.5 Å². The Balaban J connectivity index is 1.49. The predicted molar refractivity (Wildman–Crippen MR) is 137 cm³/mol. The summed E-state index contributed by atoms with van der Waals surface area (Å²) >= 11 is 3.61. The number of ether oxygens (including phenoxy) is 2. The molecule has 0 saturated carbocycles. The second-order valence-corrected chi connectivity index (χ2v) is 8.32. The van der Waals surface area contributed by atoms with Gasteiger partial charge in [-0.2, -0.15) is 5.26 Å². The molecule has 0 fully saturated rings. The summed E-state index contributed by atoms with van der Waals surface area (Å²) in [6, 6.07) is 27.7. The van der Waals surface area contributed by atoms with Crippen molar-refractivity contribution in [2.24, 2.45) is 5.16 Å². The highest BCUT2D eigenvalue weighted by atomic mass is 79.9. The fraction of sp³-hybridized carbons (Fsp3) is 0.143. The van der Waals surface area contributed by atoms with Crippen LogP contribution in [0, 0.1) is 11.3 Å². The average molecular weight is 515 g/mol. The first-order chi connectivity index (χ1) is 16.7. The molecular formula is C28H23BrN2O3. The van der Waals surface area contributed by atoms with Gasteiger partial charge in [0.25, 0.3) is 0 Å². The third-order valence-electron chi connectivity index (χ3n) is 5.22. The molecule has 4 rings (SSSR count). The maximum absolute atomic E-state index is 9.18. The molecule has 0 aliphatic heterocycles. The van der Waals surface area contributed by atoms with E-state index in [0.29, 0.717) is 30.3 Å². The first kappa shape index (κ1) is 23.3. The fourth-order valence-electron chi connectivity index (χ4n) is 3.59. The molecule has 0 amide bonds. The minimum Gasteiger partial charge on any atom is -0.490 e. The number of hydrogen-bond donors (Lipinski definition) is 0. The third-order valence-corrected chi connectivity index (χ3v) is 5.81. The highest BCUT2D eigenvalue weighted by Gasteiger charge is 2.13. The highest BCUT2D eigenvalue weighted by Crippen LogP contribution is 2.37. The Morgan fingerprint density at radius 1 is 0.912 bits per heavy atom. The van der Waals surface area contributed by atoms with Crippen LogP contribution >= 0.6 is 15.9 Å². The standard InChI is InChI=1S/C28H23BrN2O3/c1-2-32-27-15-20(17-31-34-19-23-10-4-3-9-22(23)16-30)14-26(29)28(27)33-18-24-12-7-11-21-8-5-6-13-25(21)24/h3-15,17H,2,18-19H2,1H3/b31-17-. The maximum Gasteiger partial charge on any atom is 0.175 e. The molecule has 4 aromatic carbocycles. The van der Waals surface area contributed by atoms with E-state index in [4.69, 9.17) is 14.3 Å². The molecule has 170 valence electrons. The van der Waals surface area contributed by atoms with Gasteiger partial charge in [-0.25, -0.2) is 0 Å². The molecule has 0 unspecified atom stereocenters. The van der Waals surface area contributed by atoms with E-state index in [2.05, 4.69) is 51.4 Å². The Labute approximate surface area is 207 Å². The van der Waals surface area contributed by atoms with E-state index >= 15 is 0 Å². The van der Waals surface area contributed by atoms with E-state index in [0.717, 1.165) is 26.5 Å². The van der Waals surface area contributed by atoms with Crippen LogP contribution in [0.1, 0.15) is 29.2 Å². The molecule has 0 bridgehead atoms. The normalized spacial score (nSPS) is 10.9. The van der Waals surface area contributed by atoms with Crippen molar-refractivity contribution in [3.8, 4) is 17.6 Å². The molecular weight excluding hydrogens is 492 g/mol. The number of nitrogens with zero attached hydrogens (tertiary/aromatic N) is 2. The number of benzene rings is 4. The maximum atomic E-state index is 9.18. The molecule has 0 aliphatic carbocycles. The van der Waals surface area contributed by atoms with Gasteiger partial charge in [-0.1, -0.05) is 65.8 Å². The lowest BCUT2D eigenvalue weighted by Crippen LogP contribution is -2.02. The summed E-state index contributed by atoms with van der Waals surface area (Å²) in [5.41, 5.74) is 3.26. The third kappa shape index (κ3) is 5.56. The number of fused-ring (bicyclic) bond motifs is 1. The molecule has 0 atom stereocenters. The van der Waals surface area contributed by atoms with E-state index < -0.39 is 0 Å². The first-order valence-corrected chi connectivity index (χ1v) is 11.7. The van der Waals surface area contributed by atoms with Crippen molar-refractivity contribution in [2.75, 3.05) is 6.61 Å². The van der Waals surface area contributed by atoms with Crippen molar-refractivity contribution in [3.05, 3.63) is 106 Å². The van der Waals surface area contributed by atoms with Gasteiger partial charge in [-0.3, -0.25) is 0 Å². The summed E-state index contributed by atoms with van der Waals surface area (Å²) in [7, 11) is 0. The Bertz CT molecular complexity index is 1360. The minimum atomic E-state index is 0.214. The van der Waals surface area contributed by atoms with Crippen LogP contribution in [0.25, 0.3) is 10.8 Å². The predicted octanol–water partition coefficient (Wildman–Crippen LogP) is 7.00. The zero-order valence-electron chi connectivity index (χ0n) is 18.7. The highest BCUT2D eigenvalue weighted by molar-refractivity contribution is 9.10. The van der Waals surface area contributed by atoms with E-state index in [1.54, 1.807) is 12.3 Å². The van der Waals surface area contributed by atoms with E-state index in [1.165, 1.54) is 5.39 Å². The van der Waals surface area contributed by atoms with Crippen molar-refractivity contribution in [1.82, 2.24) is 0 Å². The number of rotatable bonds is 9. The SMILES string of the molecule is CCOc1cc(/C=N\OCc2ccccc2C#N)cc(Br)c1OCc1cccc2ccccc12. The lowest BCUT2D eigenvalue weighted by atomic mass is 10.1. The van der Waals surface area contributed by atoms with Crippen LogP contribution in [0.2, 0.25) is 0 Å². The molecule has 0 N–H and O–H groups in total. The largest absolute Gasteiger partial charge is 0.490 e. The monoisotopic (exact) mass is 514 g/mol. The summed E-state index contributed by atoms with van der Waals surface area (Å²) in [5, 5.41) is 15.6. The Kier molecular flexibility index (Phi) is 7.79. The van der Waals surface area contributed by atoms with Crippen molar-refractivity contribution >= 4 is 32.9 Å². The molecule has 0 saturated heterocycles. The number of oxime groups is 1. The van der Waals surface area contributed by atoms with E-state index in [9.17, 15) is 5.26 Å². The fourth-order valence-corrected chi connectivity index (χ4v) is 4.17. The zero-order valence-corrected chi connectivity index (χ0v) is 20.3. The van der Waals surface area contributed by atoms with Crippen molar-refractivity contribution in [2.45, 2.75) is 20.1 Å². The van der Waals surface area contributed by atoms with E-state index in [1.807, 2.05) is 55.5 Å². The number of halogens is 1. The lowest BCUT2D eigenvalue weighted by molar-refractivity contribution is 0.132. The summed E-state index contributed by atoms with van der Waals surface area (Å²) in [5.74, 6) is 1.25. The Hall–Kier alpha value is -3.82. The van der Waals surface area contributed by atoms with Gasteiger partial charge in [0, 0.05) is 11.1 Å². The van der Waals surface area contributed by atoms with Crippen LogP contribution in [0.3, 0.4) is 0 Å². The molecule has 0 radical (unpaired) electrons. The molecule has 4 aromatic rings. The van der Waals surface area contributed by atoms with Gasteiger partial charge in [0.15, 0.2) is 11.5 Å². The lowest BCUT2D eigenvalue weighted by Gasteiger charge is -2.15. The summed E-state index contributed by atoms with van der Waals surface area (Å²) < 4.78 is 12.8. The molecule has 5 nitrogen and oxygen atoms in total. The quantitative estimate of drug-likeness (QED) is 0.178. The molecule has 34 heavy (non-hydrogen) atoms. The van der Waals surface area contributed by atoms with Gasteiger partial charge in [-0.15, -0.1) is 0 Å².